The molecule has 0 amide bonds. The fourth-order valence-corrected chi connectivity index (χ4v) is 5.64. The van der Waals surface area contributed by atoms with E-state index in [1.165, 1.54) is 51.8 Å². The number of aliphatic hydroxyl groups excluding tert-OH is 1. The number of aryl methyl sites for hydroxylation is 1. The molecule has 0 bridgehead atoms. The third kappa shape index (κ3) is 8.82. The zero-order valence-electron chi connectivity index (χ0n) is 25.2. The van der Waals surface area contributed by atoms with Crippen LogP contribution in [0.2, 0.25) is 0 Å². The van der Waals surface area contributed by atoms with Crippen LogP contribution in [-0.4, -0.2) is 35.7 Å². The van der Waals surface area contributed by atoms with E-state index in [0.717, 1.165) is 45.3 Å². The first-order chi connectivity index (χ1) is 17.7. The summed E-state index contributed by atoms with van der Waals surface area (Å²) < 4.78 is 0. The molecule has 1 N–H and O–H groups in total. The summed E-state index contributed by atoms with van der Waals surface area (Å²) in [5.74, 6) is 1.60. The van der Waals surface area contributed by atoms with E-state index >= 15 is 0 Å². The summed E-state index contributed by atoms with van der Waals surface area (Å²) >= 11 is 0. The van der Waals surface area contributed by atoms with Gasteiger partial charge in [-0.3, -0.25) is 0 Å². The van der Waals surface area contributed by atoms with Gasteiger partial charge in [-0.2, -0.15) is 0 Å². The average Bonchev–Trinajstić information content (AvgIpc) is 2.88. The van der Waals surface area contributed by atoms with E-state index in [0.29, 0.717) is 17.8 Å². The van der Waals surface area contributed by atoms with Gasteiger partial charge in [0.25, 0.3) is 0 Å². The number of rotatable bonds is 13. The molecule has 37 heavy (non-hydrogen) atoms. The highest BCUT2D eigenvalue weighted by Gasteiger charge is 2.24. The van der Waals surface area contributed by atoms with Crippen LogP contribution in [-0.2, 0) is 0 Å². The molecule has 2 unspecified atom stereocenters. The van der Waals surface area contributed by atoms with Crippen LogP contribution in [0.3, 0.4) is 0 Å². The highest BCUT2D eigenvalue weighted by atomic mass is 16.3. The third-order valence-electron chi connectivity index (χ3n) is 8.37. The van der Waals surface area contributed by atoms with E-state index in [1.807, 2.05) is 6.08 Å². The first-order valence-electron chi connectivity index (χ1n) is 14.9. The maximum atomic E-state index is 10.1. The van der Waals surface area contributed by atoms with Crippen molar-refractivity contribution in [2.45, 2.75) is 106 Å². The number of allylic oxidation sites excluding steroid dienone is 7. The Morgan fingerprint density at radius 3 is 2.32 bits per heavy atom. The lowest BCUT2D eigenvalue weighted by molar-refractivity contribution is 0.0944. The molecule has 0 aliphatic carbocycles. The maximum Gasteiger partial charge on any atom is 0.0664 e. The van der Waals surface area contributed by atoms with Crippen LogP contribution in [0.4, 0.5) is 0 Å². The van der Waals surface area contributed by atoms with Crippen LogP contribution in [0.25, 0.3) is 5.57 Å². The van der Waals surface area contributed by atoms with Gasteiger partial charge in [0.05, 0.1) is 6.10 Å². The van der Waals surface area contributed by atoms with Crippen molar-refractivity contribution >= 4 is 5.57 Å². The molecular weight excluding hydrogens is 450 g/mol. The van der Waals surface area contributed by atoms with Crippen LogP contribution in [0.5, 0.6) is 0 Å². The van der Waals surface area contributed by atoms with Gasteiger partial charge in [-0.05, 0) is 110 Å². The van der Waals surface area contributed by atoms with Crippen LogP contribution < -0.4 is 0 Å². The predicted molar refractivity (Wildman–Crippen MR) is 164 cm³/mol. The molecule has 0 aromatic heterocycles. The standard InChI is InChI=1S/C35H55NO/c1-10-14-31(22-28(9)26(7)12-3)33(15-11-2)35(25(5)6)34-23-30(17-16-27(34)8)29-18-20-36(21-19-29)24-32(37)13-4/h10,14,16-17,22-23,25-26,29,32,37H,1,11-13,15,18-21,24H2,2-9H3/b28-22-,31-14+,35-33+. The van der Waals surface area contributed by atoms with Crippen LogP contribution in [0.1, 0.15) is 110 Å². The molecule has 2 heteroatoms. The molecule has 0 saturated carbocycles. The fraction of sp³-hybridized carbons (Fsp3) is 0.600. The fourth-order valence-electron chi connectivity index (χ4n) is 5.64. The Kier molecular flexibility index (Phi) is 13.1. The molecule has 1 aromatic carbocycles. The summed E-state index contributed by atoms with van der Waals surface area (Å²) in [5, 5.41) is 10.1. The number of aliphatic hydroxyl groups is 1. The summed E-state index contributed by atoms with van der Waals surface area (Å²) in [6.45, 7) is 25.2. The van der Waals surface area contributed by atoms with E-state index in [9.17, 15) is 5.11 Å². The van der Waals surface area contributed by atoms with Gasteiger partial charge in [-0.1, -0.05) is 96.5 Å². The van der Waals surface area contributed by atoms with Crippen molar-refractivity contribution in [1.29, 1.82) is 0 Å². The minimum absolute atomic E-state index is 0.200. The van der Waals surface area contributed by atoms with Crippen molar-refractivity contribution in [2.75, 3.05) is 19.6 Å². The molecule has 1 heterocycles. The van der Waals surface area contributed by atoms with Gasteiger partial charge in [-0.15, -0.1) is 0 Å². The molecule has 2 nitrogen and oxygen atoms in total. The van der Waals surface area contributed by atoms with Gasteiger partial charge < -0.3 is 10.0 Å². The SMILES string of the molecule is C=C/C=C(\C=C(\C)C(C)CC)C(/CCC)=C(/c1cc(C2CCN(CC(O)CC)CC2)ccc1C)C(C)C. The Morgan fingerprint density at radius 1 is 1.11 bits per heavy atom. The molecule has 206 valence electrons. The van der Waals surface area contributed by atoms with Gasteiger partial charge in [0.2, 0.25) is 0 Å². The van der Waals surface area contributed by atoms with Crippen molar-refractivity contribution in [3.8, 4) is 0 Å². The normalized spacial score (nSPS) is 18.6. The first-order valence-corrected chi connectivity index (χ1v) is 14.9. The molecule has 1 aliphatic rings. The number of piperidine rings is 1. The monoisotopic (exact) mass is 505 g/mol. The average molecular weight is 506 g/mol. The molecule has 1 saturated heterocycles. The highest BCUT2D eigenvalue weighted by Crippen LogP contribution is 2.38. The van der Waals surface area contributed by atoms with Gasteiger partial charge in [0.15, 0.2) is 0 Å². The van der Waals surface area contributed by atoms with Gasteiger partial charge in [0.1, 0.15) is 0 Å². The summed E-state index contributed by atoms with van der Waals surface area (Å²) in [6, 6.07) is 7.23. The van der Waals surface area contributed by atoms with E-state index in [4.69, 9.17) is 0 Å². The second-order valence-corrected chi connectivity index (χ2v) is 11.6. The summed E-state index contributed by atoms with van der Waals surface area (Å²) in [5.41, 5.74) is 10.00. The summed E-state index contributed by atoms with van der Waals surface area (Å²) in [4.78, 5) is 2.44. The largest absolute Gasteiger partial charge is 0.392 e. The van der Waals surface area contributed by atoms with Crippen molar-refractivity contribution in [2.24, 2.45) is 11.8 Å². The Morgan fingerprint density at radius 2 is 1.78 bits per heavy atom. The third-order valence-corrected chi connectivity index (χ3v) is 8.37. The number of hydrogen-bond donors (Lipinski definition) is 1. The second-order valence-electron chi connectivity index (χ2n) is 11.6. The van der Waals surface area contributed by atoms with E-state index in [1.54, 1.807) is 0 Å². The Labute approximate surface area is 229 Å². The van der Waals surface area contributed by atoms with Gasteiger partial charge in [-0.25, -0.2) is 0 Å². The van der Waals surface area contributed by atoms with Crippen molar-refractivity contribution < 1.29 is 5.11 Å². The Balaban J connectivity index is 2.53. The zero-order valence-corrected chi connectivity index (χ0v) is 25.2. The molecule has 2 atom stereocenters. The Hall–Kier alpha value is -1.90. The van der Waals surface area contributed by atoms with Crippen LogP contribution in [0, 0.1) is 18.8 Å². The first kappa shape index (κ1) is 31.3. The molecule has 1 aliphatic heterocycles. The number of hydrogen-bond acceptors (Lipinski definition) is 2. The number of β-amino-alcohol motifs (C(OH)–C–C–N with tert-alkyl or cyclic N) is 1. The lowest BCUT2D eigenvalue weighted by Crippen LogP contribution is -2.38. The molecule has 1 fully saturated rings. The van der Waals surface area contributed by atoms with E-state index in [2.05, 4.69) is 97.2 Å². The van der Waals surface area contributed by atoms with Crippen LogP contribution in [0.15, 0.2) is 59.7 Å². The van der Waals surface area contributed by atoms with Gasteiger partial charge in [0, 0.05) is 6.54 Å². The zero-order chi connectivity index (χ0) is 27.5. The number of likely N-dealkylation sites (tertiary alicyclic amines) is 1. The minimum Gasteiger partial charge on any atom is -0.392 e. The smallest absolute Gasteiger partial charge is 0.0664 e. The summed E-state index contributed by atoms with van der Waals surface area (Å²) in [6.07, 6.45) is 12.9. The predicted octanol–water partition coefficient (Wildman–Crippen LogP) is 9.26. The number of nitrogens with zero attached hydrogens (tertiary/aromatic N) is 1. The number of benzene rings is 1. The van der Waals surface area contributed by atoms with Gasteiger partial charge >= 0.3 is 0 Å². The summed E-state index contributed by atoms with van der Waals surface area (Å²) in [7, 11) is 0. The lowest BCUT2D eigenvalue weighted by atomic mass is 9.80. The molecule has 2 rings (SSSR count). The molecule has 0 radical (unpaired) electrons. The topological polar surface area (TPSA) is 23.5 Å². The second kappa shape index (κ2) is 15.5. The van der Waals surface area contributed by atoms with E-state index < -0.39 is 0 Å². The van der Waals surface area contributed by atoms with Crippen LogP contribution >= 0.6 is 0 Å². The van der Waals surface area contributed by atoms with Crippen molar-refractivity contribution in [1.82, 2.24) is 4.90 Å². The molecule has 1 aromatic rings. The lowest BCUT2D eigenvalue weighted by Gasteiger charge is -2.33. The maximum absolute atomic E-state index is 10.1. The molecular formula is C35H55NO. The molecule has 0 spiro atoms. The van der Waals surface area contributed by atoms with Crippen molar-refractivity contribution in [3.05, 3.63) is 76.4 Å². The van der Waals surface area contributed by atoms with E-state index in [-0.39, 0.29) is 6.10 Å². The minimum atomic E-state index is -0.200. The van der Waals surface area contributed by atoms with Crippen molar-refractivity contribution in [3.63, 3.8) is 0 Å². The quantitative estimate of drug-likeness (QED) is 0.270. The highest BCUT2D eigenvalue weighted by molar-refractivity contribution is 5.77. The Bertz CT molecular complexity index is 955.